The van der Waals surface area contributed by atoms with Gasteiger partial charge in [-0.25, -0.2) is 4.98 Å². The minimum atomic E-state index is -0.715. The third-order valence-corrected chi connectivity index (χ3v) is 4.01. The van der Waals surface area contributed by atoms with E-state index in [0.717, 1.165) is 11.8 Å². The third kappa shape index (κ3) is 2.92. The lowest BCUT2D eigenvalue weighted by atomic mass is 10.1. The van der Waals surface area contributed by atoms with Crippen LogP contribution in [0.5, 0.6) is 0 Å². The Hall–Kier alpha value is -2.76. The molecule has 0 spiro atoms. The molecule has 1 aromatic carbocycles. The topological polar surface area (TPSA) is 53.5 Å². The van der Waals surface area contributed by atoms with E-state index in [1.807, 2.05) is 30.3 Å². The molecule has 118 valence electrons. The average Bonchev–Trinajstić information content (AvgIpc) is 2.96. The zero-order chi connectivity index (χ0) is 16.4. The standard InChI is InChI=1S/C17H16FN3O2/c1-20(16(22)12-7-9-19-15(18)11-12)14-8-10-21(17(14)23)13-5-3-2-4-6-13/h2-7,9,11,14H,8,10H2,1H3. The number of likely N-dealkylation sites (N-methyl/N-ethyl adjacent to an activating group) is 1. The Bertz CT molecular complexity index is 736. The summed E-state index contributed by atoms with van der Waals surface area (Å²) in [5, 5.41) is 0. The van der Waals surface area contributed by atoms with Gasteiger partial charge >= 0.3 is 0 Å². The Kier molecular flexibility index (Phi) is 4.06. The maximum atomic E-state index is 13.2. The molecule has 1 aliphatic heterocycles. The average molecular weight is 313 g/mol. The highest BCUT2D eigenvalue weighted by molar-refractivity contribution is 6.03. The van der Waals surface area contributed by atoms with Crippen LogP contribution in [0.2, 0.25) is 0 Å². The number of aromatic nitrogens is 1. The molecule has 2 amide bonds. The third-order valence-electron chi connectivity index (χ3n) is 4.01. The Labute approximate surface area is 133 Å². The van der Waals surface area contributed by atoms with Crippen LogP contribution in [0.25, 0.3) is 0 Å². The van der Waals surface area contributed by atoms with Crippen molar-refractivity contribution >= 4 is 17.5 Å². The molecule has 0 saturated carbocycles. The molecule has 1 aliphatic rings. The van der Waals surface area contributed by atoms with E-state index in [4.69, 9.17) is 0 Å². The van der Waals surface area contributed by atoms with Crippen molar-refractivity contribution in [3.05, 3.63) is 60.2 Å². The molecule has 5 nitrogen and oxygen atoms in total. The maximum absolute atomic E-state index is 13.2. The van der Waals surface area contributed by atoms with Gasteiger partial charge in [-0.15, -0.1) is 0 Å². The van der Waals surface area contributed by atoms with Crippen LogP contribution in [0.3, 0.4) is 0 Å². The number of nitrogens with zero attached hydrogens (tertiary/aromatic N) is 3. The summed E-state index contributed by atoms with van der Waals surface area (Å²) in [5.41, 5.74) is 1.00. The number of hydrogen-bond donors (Lipinski definition) is 0. The number of halogens is 1. The lowest BCUT2D eigenvalue weighted by Gasteiger charge is -2.24. The van der Waals surface area contributed by atoms with Crippen molar-refractivity contribution in [2.45, 2.75) is 12.5 Å². The van der Waals surface area contributed by atoms with Gasteiger partial charge in [0, 0.05) is 37.1 Å². The Balaban J connectivity index is 1.77. The molecule has 2 aromatic rings. The largest absolute Gasteiger partial charge is 0.330 e. The van der Waals surface area contributed by atoms with Gasteiger partial charge in [0.25, 0.3) is 5.91 Å². The van der Waals surface area contributed by atoms with Crippen LogP contribution in [-0.2, 0) is 4.79 Å². The summed E-state index contributed by atoms with van der Waals surface area (Å²) in [6, 6.07) is 11.3. The smallest absolute Gasteiger partial charge is 0.254 e. The first-order valence-electron chi connectivity index (χ1n) is 7.33. The van der Waals surface area contributed by atoms with Gasteiger partial charge in [-0.1, -0.05) is 18.2 Å². The predicted octanol–water partition coefficient (Wildman–Crippen LogP) is 2.10. The first-order chi connectivity index (χ1) is 11.1. The summed E-state index contributed by atoms with van der Waals surface area (Å²) in [4.78, 5) is 31.5. The second-order valence-corrected chi connectivity index (χ2v) is 5.41. The van der Waals surface area contributed by atoms with Crippen LogP contribution in [0, 0.1) is 5.95 Å². The Morgan fingerprint density at radius 3 is 2.74 bits per heavy atom. The Morgan fingerprint density at radius 1 is 1.30 bits per heavy atom. The molecule has 0 N–H and O–H groups in total. The van der Waals surface area contributed by atoms with Crippen LogP contribution in [0.15, 0.2) is 48.7 Å². The minimum absolute atomic E-state index is 0.124. The summed E-state index contributed by atoms with van der Waals surface area (Å²) < 4.78 is 13.2. The van der Waals surface area contributed by atoms with E-state index in [0.29, 0.717) is 13.0 Å². The number of benzene rings is 1. The predicted molar refractivity (Wildman–Crippen MR) is 83.5 cm³/mol. The van der Waals surface area contributed by atoms with Gasteiger partial charge in [-0.3, -0.25) is 9.59 Å². The molecule has 0 radical (unpaired) electrons. The highest BCUT2D eigenvalue weighted by Crippen LogP contribution is 2.24. The SMILES string of the molecule is CN(C(=O)c1ccnc(F)c1)C1CCN(c2ccccc2)C1=O. The van der Waals surface area contributed by atoms with Crippen molar-refractivity contribution in [3.8, 4) is 0 Å². The van der Waals surface area contributed by atoms with Crippen LogP contribution < -0.4 is 4.90 Å². The number of carbonyl (C=O) groups excluding carboxylic acids is 2. The number of rotatable bonds is 3. The van der Waals surface area contributed by atoms with Gasteiger partial charge in [0.15, 0.2) is 0 Å². The molecular weight excluding hydrogens is 297 g/mol. The number of pyridine rings is 1. The van der Waals surface area contributed by atoms with Gasteiger partial charge in [0.1, 0.15) is 6.04 Å². The number of para-hydroxylation sites is 1. The van der Waals surface area contributed by atoms with Crippen molar-refractivity contribution in [2.24, 2.45) is 0 Å². The molecule has 23 heavy (non-hydrogen) atoms. The summed E-state index contributed by atoms with van der Waals surface area (Å²) in [7, 11) is 1.57. The summed E-state index contributed by atoms with van der Waals surface area (Å²) in [6.07, 6.45) is 1.78. The maximum Gasteiger partial charge on any atom is 0.254 e. The molecule has 1 unspecified atom stereocenters. The molecule has 2 heterocycles. The minimum Gasteiger partial charge on any atom is -0.330 e. The second-order valence-electron chi connectivity index (χ2n) is 5.41. The lowest BCUT2D eigenvalue weighted by Crippen LogP contribution is -2.43. The summed E-state index contributed by atoms with van der Waals surface area (Å²) in [5.74, 6) is -1.23. The van der Waals surface area contributed by atoms with Gasteiger partial charge in [-0.2, -0.15) is 4.39 Å². The fraction of sp³-hybridized carbons (Fsp3) is 0.235. The van der Waals surface area contributed by atoms with Crippen LogP contribution in [0.1, 0.15) is 16.8 Å². The molecule has 1 aromatic heterocycles. The quantitative estimate of drug-likeness (QED) is 0.816. The van der Waals surface area contributed by atoms with E-state index < -0.39 is 12.0 Å². The van der Waals surface area contributed by atoms with E-state index >= 15 is 0 Å². The van der Waals surface area contributed by atoms with E-state index in [1.54, 1.807) is 11.9 Å². The van der Waals surface area contributed by atoms with Gasteiger partial charge in [0.05, 0.1) is 0 Å². The van der Waals surface area contributed by atoms with E-state index in [2.05, 4.69) is 4.98 Å². The summed E-state index contributed by atoms with van der Waals surface area (Å²) in [6.45, 7) is 0.551. The monoisotopic (exact) mass is 313 g/mol. The molecular formula is C17H16FN3O2. The Morgan fingerprint density at radius 2 is 2.04 bits per heavy atom. The molecule has 0 aliphatic carbocycles. The molecule has 0 bridgehead atoms. The van der Waals surface area contributed by atoms with Crippen LogP contribution in [0.4, 0.5) is 10.1 Å². The first kappa shape index (κ1) is 15.1. The van der Waals surface area contributed by atoms with E-state index in [1.165, 1.54) is 17.2 Å². The van der Waals surface area contributed by atoms with Crippen molar-refractivity contribution in [2.75, 3.05) is 18.5 Å². The number of anilines is 1. The molecule has 1 saturated heterocycles. The van der Waals surface area contributed by atoms with Crippen molar-refractivity contribution in [1.29, 1.82) is 0 Å². The van der Waals surface area contributed by atoms with E-state index in [9.17, 15) is 14.0 Å². The second kappa shape index (κ2) is 6.16. The highest BCUT2D eigenvalue weighted by Gasteiger charge is 2.37. The van der Waals surface area contributed by atoms with Gasteiger partial charge in [-0.05, 0) is 24.6 Å². The zero-order valence-electron chi connectivity index (χ0n) is 12.6. The molecule has 6 heteroatoms. The fourth-order valence-electron chi connectivity index (χ4n) is 2.77. The molecule has 1 atom stereocenters. The van der Waals surface area contributed by atoms with Crippen LogP contribution >= 0.6 is 0 Å². The number of amides is 2. The zero-order valence-corrected chi connectivity index (χ0v) is 12.6. The van der Waals surface area contributed by atoms with E-state index in [-0.39, 0.29) is 17.4 Å². The van der Waals surface area contributed by atoms with Crippen molar-refractivity contribution in [1.82, 2.24) is 9.88 Å². The van der Waals surface area contributed by atoms with Crippen molar-refractivity contribution in [3.63, 3.8) is 0 Å². The molecule has 1 fully saturated rings. The molecule has 3 rings (SSSR count). The lowest BCUT2D eigenvalue weighted by molar-refractivity contribution is -0.120. The van der Waals surface area contributed by atoms with Crippen LogP contribution in [-0.4, -0.2) is 41.3 Å². The summed E-state index contributed by atoms with van der Waals surface area (Å²) >= 11 is 0. The number of hydrogen-bond acceptors (Lipinski definition) is 3. The first-order valence-corrected chi connectivity index (χ1v) is 7.33. The fourth-order valence-corrected chi connectivity index (χ4v) is 2.77. The van der Waals surface area contributed by atoms with Crippen molar-refractivity contribution < 1.29 is 14.0 Å². The van der Waals surface area contributed by atoms with Gasteiger partial charge < -0.3 is 9.80 Å². The highest BCUT2D eigenvalue weighted by atomic mass is 19.1. The van der Waals surface area contributed by atoms with Gasteiger partial charge in [0.2, 0.25) is 11.9 Å². The normalized spacial score (nSPS) is 17.4. The number of carbonyl (C=O) groups is 2.